The Morgan fingerprint density at radius 3 is 2.44 bits per heavy atom. The number of benzene rings is 1. The summed E-state index contributed by atoms with van der Waals surface area (Å²) in [6, 6.07) is 5.47. The molecule has 1 saturated heterocycles. The Morgan fingerprint density at radius 1 is 1.33 bits per heavy atom. The number of rotatable bonds is 7. The van der Waals surface area contributed by atoms with Gasteiger partial charge in [-0.3, -0.25) is 14.9 Å². The molecule has 0 spiro atoms. The molecule has 43 heavy (non-hydrogen) atoms. The number of thioether (sulfide) groups is 1. The van der Waals surface area contributed by atoms with Gasteiger partial charge in [-0.1, -0.05) is 23.1 Å². The highest BCUT2D eigenvalue weighted by atomic mass is 32.2. The first-order valence-electron chi connectivity index (χ1n) is 12.2. The number of ether oxygens (including phenoxy) is 1. The zero-order valence-electron chi connectivity index (χ0n) is 22.5. The van der Waals surface area contributed by atoms with Crippen LogP contribution in [0.4, 0.5) is 18.9 Å². The van der Waals surface area contributed by atoms with Crippen LogP contribution in [0.15, 0.2) is 47.5 Å². The third-order valence-electron chi connectivity index (χ3n) is 6.71. The Bertz CT molecular complexity index is 1730. The van der Waals surface area contributed by atoms with Crippen molar-refractivity contribution >= 4 is 61.2 Å². The molecule has 2 aromatic heterocycles. The van der Waals surface area contributed by atoms with Crippen LogP contribution in [0.5, 0.6) is 0 Å². The monoisotopic (exact) mass is 664 g/mol. The van der Waals surface area contributed by atoms with Crippen molar-refractivity contribution in [1.29, 1.82) is 0 Å². The third-order valence-corrected chi connectivity index (χ3v) is 9.45. The van der Waals surface area contributed by atoms with E-state index in [0.29, 0.717) is 12.0 Å². The number of nitrogens with zero attached hydrogens (tertiary/aromatic N) is 4. The molecular weight excluding hydrogens is 641 g/mol. The number of aryl methyl sites for hydroxylation is 1. The fourth-order valence-corrected chi connectivity index (χ4v) is 6.88. The molecule has 5 rings (SSSR count). The van der Waals surface area contributed by atoms with Crippen LogP contribution in [0.1, 0.15) is 23.8 Å². The van der Waals surface area contributed by atoms with E-state index in [9.17, 15) is 38.0 Å². The molecule has 1 amide bonds. The van der Waals surface area contributed by atoms with Gasteiger partial charge >= 0.3 is 11.5 Å². The van der Waals surface area contributed by atoms with Crippen molar-refractivity contribution in [3.63, 3.8) is 0 Å². The van der Waals surface area contributed by atoms with Crippen molar-refractivity contribution < 1.29 is 55.1 Å². The summed E-state index contributed by atoms with van der Waals surface area (Å²) in [5, 5.41) is 22.1. The number of amides is 1. The number of nitro benzene ring substituents is 1. The first-order valence-corrected chi connectivity index (χ1v) is 15.6. The molecule has 2 aliphatic heterocycles. The topological polar surface area (TPSA) is 175 Å². The summed E-state index contributed by atoms with van der Waals surface area (Å²) in [5.41, 5.74) is -4.17. The van der Waals surface area contributed by atoms with Gasteiger partial charge in [0.2, 0.25) is 22.1 Å². The van der Waals surface area contributed by atoms with E-state index in [-0.39, 0.29) is 29.9 Å². The summed E-state index contributed by atoms with van der Waals surface area (Å²) in [6.07, 6.45) is 5.55. The van der Waals surface area contributed by atoms with Gasteiger partial charge < -0.3 is 19.3 Å². The van der Waals surface area contributed by atoms with Crippen molar-refractivity contribution in [2.24, 2.45) is 13.0 Å². The largest absolute Gasteiger partial charge is 0.741 e. The fourth-order valence-electron chi connectivity index (χ4n) is 4.78. The van der Waals surface area contributed by atoms with E-state index in [2.05, 4.69) is 0 Å². The highest BCUT2D eigenvalue weighted by molar-refractivity contribution is 7.98. The molecule has 1 fully saturated rings. The van der Waals surface area contributed by atoms with E-state index in [1.54, 1.807) is 30.0 Å². The first-order chi connectivity index (χ1) is 20.0. The normalized spacial score (nSPS) is 19.1. The molecule has 2 aliphatic rings. The van der Waals surface area contributed by atoms with Crippen molar-refractivity contribution in [2.45, 2.75) is 42.6 Å². The highest BCUT2D eigenvalue weighted by Crippen LogP contribution is 2.48. The zero-order valence-corrected chi connectivity index (χ0v) is 24.9. The van der Waals surface area contributed by atoms with Gasteiger partial charge in [0.25, 0.3) is 5.69 Å². The van der Waals surface area contributed by atoms with E-state index in [0.717, 1.165) is 20.3 Å². The van der Waals surface area contributed by atoms with E-state index in [1.807, 2.05) is 34.8 Å². The summed E-state index contributed by atoms with van der Waals surface area (Å²) >= 11 is 3.17. The average molecular weight is 665 g/mol. The fraction of sp³-hybridized carbons (Fsp3) is 0.375. The van der Waals surface area contributed by atoms with Crippen LogP contribution in [-0.4, -0.2) is 68.1 Å². The van der Waals surface area contributed by atoms with Crippen molar-refractivity contribution in [3.05, 3.63) is 63.0 Å². The smallest absolute Gasteiger partial charge is 0.485 e. The van der Waals surface area contributed by atoms with Crippen molar-refractivity contribution in [1.82, 2.24) is 9.30 Å². The lowest BCUT2D eigenvalue weighted by atomic mass is 9.83. The van der Waals surface area contributed by atoms with Crippen molar-refractivity contribution in [2.75, 3.05) is 6.26 Å². The van der Waals surface area contributed by atoms with Crippen LogP contribution in [-0.2, 0) is 38.1 Å². The minimum Gasteiger partial charge on any atom is -0.741 e. The van der Waals surface area contributed by atoms with Crippen LogP contribution in [0.2, 0.25) is 0 Å². The van der Waals surface area contributed by atoms with Crippen molar-refractivity contribution in [3.8, 4) is 0 Å². The van der Waals surface area contributed by atoms with Crippen LogP contribution in [0.25, 0.3) is 10.4 Å². The Labute approximate surface area is 250 Å². The predicted octanol–water partition coefficient (Wildman–Crippen LogP) is 2.57. The summed E-state index contributed by atoms with van der Waals surface area (Å²) in [6.45, 7) is 1.50. The number of esters is 1. The highest BCUT2D eigenvalue weighted by Gasteiger charge is 2.57. The van der Waals surface area contributed by atoms with E-state index in [4.69, 9.17) is 17.7 Å². The van der Waals surface area contributed by atoms with E-state index >= 15 is 0 Å². The summed E-state index contributed by atoms with van der Waals surface area (Å²) in [4.78, 5) is 39.9. The number of imidazole rings is 1. The second kappa shape index (κ2) is 11.9. The van der Waals surface area contributed by atoms with Crippen LogP contribution < -0.4 is 4.57 Å². The number of halogens is 3. The molecule has 0 bridgehead atoms. The molecule has 232 valence electrons. The third kappa shape index (κ3) is 6.26. The van der Waals surface area contributed by atoms with Gasteiger partial charge in [0.1, 0.15) is 18.5 Å². The lowest BCUT2D eigenvalue weighted by Crippen LogP contribution is -2.61. The molecule has 4 heterocycles. The van der Waals surface area contributed by atoms with Crippen LogP contribution in [0, 0.1) is 16.0 Å². The van der Waals surface area contributed by atoms with Crippen LogP contribution in [0.3, 0.4) is 0 Å². The molecule has 0 radical (unpaired) electrons. The summed E-state index contributed by atoms with van der Waals surface area (Å²) in [7, 11) is -4.12. The standard InChI is InChI=1S/C23H23N4O6S2.CHF3O3S/c1-12(28)18-16-8-15(17-9-25-11-24(2)21(34-3)22(25)35-17)19(26(16)20(18)29)23(30)33-10-13-4-6-14(7-5-13)27(31)32;2-1(3,4)8(5,6)7/h4-7,9,11-12,16,18,28H,8,10H2,1-3H3;(H,5,6,7)/q+1;/p-1/t12-,16-,18-;/m1./s1. The number of β-lactam (4-membered cyclic amide) rings is 1. The van der Waals surface area contributed by atoms with Gasteiger partial charge in [-0.15, -0.1) is 0 Å². The van der Waals surface area contributed by atoms with Gasteiger partial charge in [-0.2, -0.15) is 17.6 Å². The number of thiazole rings is 1. The van der Waals surface area contributed by atoms with Crippen LogP contribution >= 0.6 is 23.1 Å². The second-order valence-corrected chi connectivity index (χ2v) is 12.7. The zero-order chi connectivity index (χ0) is 32.0. The number of hydrogen-bond donors (Lipinski definition) is 1. The maximum atomic E-state index is 13.3. The lowest BCUT2D eigenvalue weighted by molar-refractivity contribution is -0.705. The number of carbonyl (C=O) groups excluding carboxylic acids is 2. The van der Waals surface area contributed by atoms with Gasteiger partial charge in [0.05, 0.1) is 34.9 Å². The average Bonchev–Trinajstić information content (AvgIpc) is 3.54. The first kappa shape index (κ1) is 32.4. The molecule has 13 nitrogen and oxygen atoms in total. The molecule has 3 atom stereocenters. The second-order valence-electron chi connectivity index (χ2n) is 9.52. The number of aromatic nitrogens is 2. The number of aliphatic hydroxyl groups is 1. The number of aliphatic hydroxyl groups excluding tert-OH is 1. The minimum absolute atomic E-state index is 0.0499. The molecular formula is C24H23F3N4O9S3. The number of non-ortho nitro benzene ring substituents is 1. The molecule has 3 aromatic rings. The molecule has 1 N–H and O–H groups in total. The number of alkyl halides is 3. The van der Waals surface area contributed by atoms with Gasteiger partial charge in [0, 0.05) is 17.7 Å². The number of hydrogen-bond acceptors (Lipinski definition) is 11. The van der Waals surface area contributed by atoms with Gasteiger partial charge in [-0.05, 0) is 37.3 Å². The molecule has 19 heteroatoms. The number of carbonyl (C=O) groups is 2. The number of fused-ring (bicyclic) bond motifs is 2. The SMILES string of the molecule is CSc1c2sc(C3=C(C(=O)OCc4ccc([N+](=O)[O-])cc4)N4C(=O)[C@H]([C@@H](C)O)[C@H]4C3)cn2c[n+]1C.O=S(=O)([O-])C(F)(F)F. The molecule has 0 aliphatic carbocycles. The maximum absolute atomic E-state index is 13.3. The minimum atomic E-state index is -6.09. The Kier molecular flexibility index (Phi) is 8.94. The lowest BCUT2D eigenvalue weighted by Gasteiger charge is -2.44. The predicted molar refractivity (Wildman–Crippen MR) is 144 cm³/mol. The quantitative estimate of drug-likeness (QED) is 0.0578. The Balaban J connectivity index is 0.000000467. The number of nitro groups is 1. The Morgan fingerprint density at radius 2 is 1.93 bits per heavy atom. The Hall–Kier alpha value is -3.52. The maximum Gasteiger partial charge on any atom is 0.485 e. The molecule has 0 unspecified atom stereocenters. The van der Waals surface area contributed by atoms with E-state index < -0.39 is 38.5 Å². The summed E-state index contributed by atoms with van der Waals surface area (Å²) < 4.78 is 68.5. The molecule has 0 saturated carbocycles. The summed E-state index contributed by atoms with van der Waals surface area (Å²) in [5.74, 6) is -1.48. The van der Waals surface area contributed by atoms with Gasteiger partial charge in [-0.25, -0.2) is 17.8 Å². The molecule has 1 aromatic carbocycles. The van der Waals surface area contributed by atoms with E-state index in [1.165, 1.54) is 29.2 Å². The van der Waals surface area contributed by atoms with Gasteiger partial charge in [0.15, 0.2) is 10.1 Å².